The van der Waals surface area contributed by atoms with E-state index in [1.165, 1.54) is 22.8 Å². The number of carbonyl (C=O) groups is 1. The van der Waals surface area contributed by atoms with Crippen LogP contribution in [0.1, 0.15) is 26.0 Å². The maximum atomic E-state index is 12.5. The molecular formula is C20H16Cl2N4O2S. The lowest BCUT2D eigenvalue weighted by atomic mass is 10.1. The van der Waals surface area contributed by atoms with E-state index in [-0.39, 0.29) is 11.4 Å². The summed E-state index contributed by atoms with van der Waals surface area (Å²) in [6.07, 6.45) is 2.27. The summed E-state index contributed by atoms with van der Waals surface area (Å²) in [6, 6.07) is 8.57. The number of thioether (sulfide) groups is 1. The second-order valence-electron chi connectivity index (χ2n) is 6.94. The molecule has 0 saturated carbocycles. The van der Waals surface area contributed by atoms with Crippen molar-refractivity contribution in [2.45, 2.75) is 20.3 Å². The maximum Gasteiger partial charge on any atom is 0.283 e. The smallest absolute Gasteiger partial charge is 0.283 e. The van der Waals surface area contributed by atoms with E-state index in [4.69, 9.17) is 33.0 Å². The number of hydrogen-bond donors (Lipinski definition) is 1. The molecule has 148 valence electrons. The molecule has 2 aliphatic heterocycles. The molecule has 0 fully saturated rings. The van der Waals surface area contributed by atoms with E-state index < -0.39 is 5.91 Å². The van der Waals surface area contributed by atoms with Crippen LogP contribution in [0.4, 0.5) is 0 Å². The minimum atomic E-state index is -0.489. The average Bonchev–Trinajstić information content (AvgIpc) is 3.25. The first kappa shape index (κ1) is 19.9. The molecule has 0 spiro atoms. The van der Waals surface area contributed by atoms with Crippen molar-refractivity contribution in [1.29, 1.82) is 5.41 Å². The van der Waals surface area contributed by atoms with Gasteiger partial charge in [0.1, 0.15) is 16.6 Å². The molecule has 4 rings (SSSR count). The van der Waals surface area contributed by atoms with Gasteiger partial charge in [0.2, 0.25) is 5.17 Å². The minimum Gasteiger partial charge on any atom is -0.457 e. The lowest BCUT2D eigenvalue weighted by Crippen LogP contribution is -2.35. The molecule has 0 radical (unpaired) electrons. The SMILES string of the molecule is CC(C)CC1=NN2C(=N)/C(=C/c3ccc(-c4ccc(Cl)cc4Cl)o3)C(=O)N=C2S1. The van der Waals surface area contributed by atoms with Gasteiger partial charge < -0.3 is 4.42 Å². The average molecular weight is 447 g/mol. The predicted octanol–water partition coefficient (Wildman–Crippen LogP) is 5.92. The van der Waals surface area contributed by atoms with E-state index in [2.05, 4.69) is 23.9 Å². The summed E-state index contributed by atoms with van der Waals surface area (Å²) in [4.78, 5) is 16.6. The quantitative estimate of drug-likeness (QED) is 0.590. The van der Waals surface area contributed by atoms with Crippen molar-refractivity contribution >= 4 is 63.0 Å². The number of amidine groups is 2. The zero-order chi connectivity index (χ0) is 20.7. The van der Waals surface area contributed by atoms with Gasteiger partial charge in [-0.1, -0.05) is 37.0 Å². The topological polar surface area (TPSA) is 82.0 Å². The highest BCUT2D eigenvalue weighted by molar-refractivity contribution is 8.26. The van der Waals surface area contributed by atoms with Crippen molar-refractivity contribution in [3.63, 3.8) is 0 Å². The monoisotopic (exact) mass is 446 g/mol. The first-order valence-corrected chi connectivity index (χ1v) is 10.4. The van der Waals surface area contributed by atoms with E-state index in [0.717, 1.165) is 11.5 Å². The molecule has 3 heterocycles. The Morgan fingerprint density at radius 1 is 1.28 bits per heavy atom. The number of nitrogens with one attached hydrogen (secondary N) is 1. The van der Waals surface area contributed by atoms with Gasteiger partial charge in [0.15, 0.2) is 5.84 Å². The second-order valence-corrected chi connectivity index (χ2v) is 8.82. The Morgan fingerprint density at radius 3 is 2.79 bits per heavy atom. The molecule has 0 bridgehead atoms. The fourth-order valence-corrected chi connectivity index (χ4v) is 4.47. The van der Waals surface area contributed by atoms with Crippen molar-refractivity contribution in [3.8, 4) is 11.3 Å². The summed E-state index contributed by atoms with van der Waals surface area (Å²) in [6.45, 7) is 4.18. The number of hydrazone groups is 1. The number of fused-ring (bicyclic) bond motifs is 1. The maximum absolute atomic E-state index is 12.5. The van der Waals surface area contributed by atoms with Crippen LogP contribution in [0, 0.1) is 11.3 Å². The van der Waals surface area contributed by atoms with Crippen molar-refractivity contribution in [2.75, 3.05) is 0 Å². The van der Waals surface area contributed by atoms with Gasteiger partial charge in [-0.25, -0.2) is 0 Å². The van der Waals surface area contributed by atoms with Crippen LogP contribution in [-0.2, 0) is 4.79 Å². The van der Waals surface area contributed by atoms with Crippen LogP contribution in [0.5, 0.6) is 0 Å². The molecule has 1 N–H and O–H groups in total. The molecule has 2 aliphatic rings. The van der Waals surface area contributed by atoms with Gasteiger partial charge in [0, 0.05) is 17.0 Å². The summed E-state index contributed by atoms with van der Waals surface area (Å²) in [5.41, 5.74) is 0.803. The number of rotatable bonds is 4. The largest absolute Gasteiger partial charge is 0.457 e. The third kappa shape index (κ3) is 4.03. The molecule has 0 saturated heterocycles. The van der Waals surface area contributed by atoms with Crippen LogP contribution < -0.4 is 0 Å². The molecule has 0 unspecified atom stereocenters. The third-order valence-electron chi connectivity index (χ3n) is 4.19. The van der Waals surface area contributed by atoms with Gasteiger partial charge in [0.25, 0.3) is 5.91 Å². The van der Waals surface area contributed by atoms with Gasteiger partial charge in [-0.3, -0.25) is 10.2 Å². The normalized spacial score (nSPS) is 17.8. The van der Waals surface area contributed by atoms with Crippen LogP contribution in [0.3, 0.4) is 0 Å². The zero-order valence-electron chi connectivity index (χ0n) is 15.6. The molecule has 1 aromatic carbocycles. The summed E-state index contributed by atoms with van der Waals surface area (Å²) in [7, 11) is 0. The molecule has 1 aromatic heterocycles. The van der Waals surface area contributed by atoms with Gasteiger partial charge in [0.05, 0.1) is 10.6 Å². The van der Waals surface area contributed by atoms with Gasteiger partial charge in [-0.2, -0.15) is 15.1 Å². The molecule has 2 aromatic rings. The number of halogens is 2. The zero-order valence-corrected chi connectivity index (χ0v) is 17.9. The highest BCUT2D eigenvalue weighted by atomic mass is 35.5. The standard InChI is InChI=1S/C20H16Cl2N4O2S/c1-10(2)7-17-25-26-18(23)14(19(27)24-20(26)29-17)9-12-4-6-16(28-12)13-5-3-11(21)8-15(13)22/h3-6,8-10,23H,7H2,1-2H3/b14-9-,23-18?. The molecule has 29 heavy (non-hydrogen) atoms. The molecule has 6 nitrogen and oxygen atoms in total. The second kappa shape index (κ2) is 7.82. The van der Waals surface area contributed by atoms with E-state index in [1.807, 2.05) is 0 Å². The van der Waals surface area contributed by atoms with Gasteiger partial charge in [-0.15, -0.1) is 0 Å². The number of benzene rings is 1. The van der Waals surface area contributed by atoms with Crippen LogP contribution in [0.2, 0.25) is 10.0 Å². The van der Waals surface area contributed by atoms with Crippen molar-refractivity contribution in [2.24, 2.45) is 16.0 Å². The molecule has 9 heteroatoms. The molecular weight excluding hydrogens is 431 g/mol. The van der Waals surface area contributed by atoms with Crippen molar-refractivity contribution < 1.29 is 9.21 Å². The first-order chi connectivity index (χ1) is 13.8. The lowest BCUT2D eigenvalue weighted by molar-refractivity contribution is -0.114. The molecule has 1 amide bonds. The fourth-order valence-electron chi connectivity index (χ4n) is 2.87. The van der Waals surface area contributed by atoms with E-state index in [1.54, 1.807) is 30.3 Å². The summed E-state index contributed by atoms with van der Waals surface area (Å²) >= 11 is 13.5. The van der Waals surface area contributed by atoms with Crippen LogP contribution in [0.15, 0.2) is 50.4 Å². The number of hydrogen-bond acceptors (Lipinski definition) is 5. The minimum absolute atomic E-state index is 0.0197. The predicted molar refractivity (Wildman–Crippen MR) is 119 cm³/mol. The highest BCUT2D eigenvalue weighted by Crippen LogP contribution is 2.33. The van der Waals surface area contributed by atoms with Crippen molar-refractivity contribution in [3.05, 3.63) is 51.7 Å². The summed E-state index contributed by atoms with van der Waals surface area (Å²) in [5, 5.41) is 16.5. The van der Waals surface area contributed by atoms with E-state index in [9.17, 15) is 4.79 Å². The third-order valence-corrected chi connectivity index (χ3v) is 5.67. The molecule has 0 aliphatic carbocycles. The highest BCUT2D eigenvalue weighted by Gasteiger charge is 2.35. The summed E-state index contributed by atoms with van der Waals surface area (Å²) < 4.78 is 5.81. The fraction of sp³-hybridized carbons (Fsp3) is 0.200. The van der Waals surface area contributed by atoms with E-state index >= 15 is 0 Å². The Balaban J connectivity index is 1.62. The van der Waals surface area contributed by atoms with Crippen LogP contribution in [-0.4, -0.2) is 27.0 Å². The van der Waals surface area contributed by atoms with Gasteiger partial charge in [-0.05, 0) is 54.1 Å². The summed E-state index contributed by atoms with van der Waals surface area (Å²) in [5.74, 6) is 0.859. The van der Waals surface area contributed by atoms with Crippen molar-refractivity contribution in [1.82, 2.24) is 5.01 Å². The number of nitrogens with zero attached hydrogens (tertiary/aromatic N) is 3. The van der Waals surface area contributed by atoms with Crippen LogP contribution in [0.25, 0.3) is 17.4 Å². The number of amides is 1. The number of furan rings is 1. The Bertz CT molecular complexity index is 1120. The van der Waals surface area contributed by atoms with Crippen LogP contribution >= 0.6 is 35.0 Å². The Kier molecular flexibility index (Phi) is 5.38. The Labute approximate surface area is 181 Å². The van der Waals surface area contributed by atoms with E-state index in [0.29, 0.717) is 38.2 Å². The first-order valence-electron chi connectivity index (χ1n) is 8.86. The number of aliphatic imine (C=N–C) groups is 1. The lowest BCUT2D eigenvalue weighted by Gasteiger charge is -2.19. The number of carbonyl (C=O) groups excluding carboxylic acids is 1. The van der Waals surface area contributed by atoms with Gasteiger partial charge >= 0.3 is 0 Å². The Hall–Kier alpha value is -2.35. The molecule has 0 atom stereocenters. The Morgan fingerprint density at radius 2 is 2.07 bits per heavy atom.